The zero-order valence-corrected chi connectivity index (χ0v) is 8.20. The number of nitrogens with zero attached hydrogens (tertiary/aromatic N) is 2. The molecule has 0 bridgehead atoms. The average Bonchev–Trinajstić information content (AvgIpc) is 2.04. The molecule has 2 nitrogen and oxygen atoms in total. The molecule has 0 amide bonds. The standard InChI is InChI=1S/C10H16N2/c1-8(2)9-7-11-6-5-10(9)12(3)4/h5-8H,1-4H3. The monoisotopic (exact) mass is 164 g/mol. The third-order valence-electron chi connectivity index (χ3n) is 1.93. The molecule has 0 fully saturated rings. The van der Waals surface area contributed by atoms with E-state index in [2.05, 4.69) is 43.9 Å². The maximum atomic E-state index is 4.12. The number of aromatic nitrogens is 1. The van der Waals surface area contributed by atoms with E-state index in [0.717, 1.165) is 0 Å². The van der Waals surface area contributed by atoms with Crippen molar-refractivity contribution in [1.82, 2.24) is 4.98 Å². The number of hydrogen-bond donors (Lipinski definition) is 0. The normalized spacial score (nSPS) is 10.4. The third-order valence-corrected chi connectivity index (χ3v) is 1.93. The van der Waals surface area contributed by atoms with Crippen LogP contribution in [0.25, 0.3) is 0 Å². The molecule has 2 heteroatoms. The van der Waals surface area contributed by atoms with E-state index in [9.17, 15) is 0 Å². The number of rotatable bonds is 2. The molecule has 0 saturated heterocycles. The molecule has 1 heterocycles. The Labute approximate surface area is 74.2 Å². The molecule has 0 saturated carbocycles. The number of pyridine rings is 1. The van der Waals surface area contributed by atoms with Crippen molar-refractivity contribution in [3.8, 4) is 0 Å². The van der Waals surface area contributed by atoms with Crippen LogP contribution in [-0.2, 0) is 0 Å². The first-order valence-corrected chi connectivity index (χ1v) is 4.24. The molecule has 1 aromatic heterocycles. The second-order valence-electron chi connectivity index (χ2n) is 3.48. The summed E-state index contributed by atoms with van der Waals surface area (Å²) in [5.41, 5.74) is 2.57. The van der Waals surface area contributed by atoms with E-state index in [1.165, 1.54) is 11.3 Å². The Morgan fingerprint density at radius 2 is 2.00 bits per heavy atom. The van der Waals surface area contributed by atoms with Crippen molar-refractivity contribution >= 4 is 5.69 Å². The van der Waals surface area contributed by atoms with Crippen LogP contribution in [0.15, 0.2) is 18.5 Å². The van der Waals surface area contributed by atoms with E-state index in [4.69, 9.17) is 0 Å². The first kappa shape index (κ1) is 9.04. The quantitative estimate of drug-likeness (QED) is 0.666. The van der Waals surface area contributed by atoms with Crippen LogP contribution >= 0.6 is 0 Å². The highest BCUT2D eigenvalue weighted by Crippen LogP contribution is 2.24. The van der Waals surface area contributed by atoms with Gasteiger partial charge in [0.1, 0.15) is 0 Å². The third kappa shape index (κ3) is 1.76. The highest BCUT2D eigenvalue weighted by Gasteiger charge is 2.06. The van der Waals surface area contributed by atoms with Gasteiger partial charge in [-0.15, -0.1) is 0 Å². The molecule has 1 aromatic rings. The first-order valence-electron chi connectivity index (χ1n) is 4.24. The Morgan fingerprint density at radius 3 is 2.42 bits per heavy atom. The van der Waals surface area contributed by atoms with Crippen LogP contribution in [0.4, 0.5) is 5.69 Å². The average molecular weight is 164 g/mol. The Hall–Kier alpha value is -1.05. The minimum absolute atomic E-state index is 0.538. The summed E-state index contributed by atoms with van der Waals surface area (Å²) in [6.45, 7) is 4.37. The van der Waals surface area contributed by atoms with Crippen molar-refractivity contribution < 1.29 is 0 Å². The molecule has 0 radical (unpaired) electrons. The van der Waals surface area contributed by atoms with Crippen LogP contribution in [0, 0.1) is 0 Å². The van der Waals surface area contributed by atoms with Crippen LogP contribution in [0.2, 0.25) is 0 Å². The van der Waals surface area contributed by atoms with Crippen LogP contribution in [0.1, 0.15) is 25.3 Å². The molecular formula is C10H16N2. The Bertz CT molecular complexity index is 227. The van der Waals surface area contributed by atoms with Gasteiger partial charge in [-0.25, -0.2) is 0 Å². The topological polar surface area (TPSA) is 16.1 Å². The lowest BCUT2D eigenvalue weighted by molar-refractivity contribution is 0.850. The maximum absolute atomic E-state index is 4.12. The zero-order valence-electron chi connectivity index (χ0n) is 8.20. The van der Waals surface area contributed by atoms with Crippen molar-refractivity contribution in [2.75, 3.05) is 19.0 Å². The van der Waals surface area contributed by atoms with Crippen molar-refractivity contribution in [2.24, 2.45) is 0 Å². The van der Waals surface area contributed by atoms with Crippen LogP contribution in [-0.4, -0.2) is 19.1 Å². The molecule has 0 aliphatic heterocycles. The van der Waals surface area contributed by atoms with Gasteiger partial charge in [0.25, 0.3) is 0 Å². The van der Waals surface area contributed by atoms with Crippen molar-refractivity contribution in [2.45, 2.75) is 19.8 Å². The second-order valence-corrected chi connectivity index (χ2v) is 3.48. The summed E-state index contributed by atoms with van der Waals surface area (Å²) < 4.78 is 0. The van der Waals surface area contributed by atoms with Gasteiger partial charge in [0.15, 0.2) is 0 Å². The fraction of sp³-hybridized carbons (Fsp3) is 0.500. The van der Waals surface area contributed by atoms with Crippen LogP contribution in [0.3, 0.4) is 0 Å². The van der Waals surface area contributed by atoms with Gasteiger partial charge in [-0.2, -0.15) is 0 Å². The maximum Gasteiger partial charge on any atom is 0.0427 e. The summed E-state index contributed by atoms with van der Waals surface area (Å²) in [4.78, 5) is 6.24. The van der Waals surface area contributed by atoms with Gasteiger partial charge in [0, 0.05) is 32.2 Å². The van der Waals surface area contributed by atoms with Crippen LogP contribution < -0.4 is 4.90 Å². The summed E-state index contributed by atoms with van der Waals surface area (Å²) in [5, 5.41) is 0. The van der Waals surface area contributed by atoms with Gasteiger partial charge in [0.05, 0.1) is 0 Å². The van der Waals surface area contributed by atoms with E-state index in [1.54, 1.807) is 0 Å². The van der Waals surface area contributed by atoms with E-state index >= 15 is 0 Å². The summed E-state index contributed by atoms with van der Waals surface area (Å²) in [5.74, 6) is 0.538. The van der Waals surface area contributed by atoms with E-state index in [0.29, 0.717) is 5.92 Å². The highest BCUT2D eigenvalue weighted by atomic mass is 15.1. The van der Waals surface area contributed by atoms with Gasteiger partial charge in [-0.05, 0) is 17.5 Å². The Kier molecular flexibility index (Phi) is 2.69. The van der Waals surface area contributed by atoms with E-state index in [-0.39, 0.29) is 0 Å². The fourth-order valence-electron chi connectivity index (χ4n) is 1.25. The first-order chi connectivity index (χ1) is 5.63. The van der Waals surface area contributed by atoms with Crippen molar-refractivity contribution in [1.29, 1.82) is 0 Å². The molecule has 0 atom stereocenters. The van der Waals surface area contributed by atoms with Crippen LogP contribution in [0.5, 0.6) is 0 Å². The molecule has 12 heavy (non-hydrogen) atoms. The molecule has 66 valence electrons. The minimum Gasteiger partial charge on any atom is -0.377 e. The molecule has 1 rings (SSSR count). The molecule has 0 spiro atoms. The molecule has 0 aromatic carbocycles. The van der Waals surface area contributed by atoms with Gasteiger partial charge >= 0.3 is 0 Å². The lowest BCUT2D eigenvalue weighted by Crippen LogP contribution is -2.11. The Morgan fingerprint density at radius 1 is 1.33 bits per heavy atom. The van der Waals surface area contributed by atoms with Crippen molar-refractivity contribution in [3.05, 3.63) is 24.0 Å². The Balaban J connectivity index is 3.09. The lowest BCUT2D eigenvalue weighted by atomic mass is 10.0. The lowest BCUT2D eigenvalue weighted by Gasteiger charge is -2.18. The number of hydrogen-bond acceptors (Lipinski definition) is 2. The van der Waals surface area contributed by atoms with Gasteiger partial charge in [0.2, 0.25) is 0 Å². The molecular weight excluding hydrogens is 148 g/mol. The SMILES string of the molecule is CC(C)c1cnccc1N(C)C. The summed E-state index contributed by atoms with van der Waals surface area (Å²) in [6, 6.07) is 2.05. The number of anilines is 1. The zero-order chi connectivity index (χ0) is 9.14. The fourth-order valence-corrected chi connectivity index (χ4v) is 1.25. The van der Waals surface area contributed by atoms with E-state index in [1.807, 2.05) is 12.4 Å². The van der Waals surface area contributed by atoms with E-state index < -0.39 is 0 Å². The largest absolute Gasteiger partial charge is 0.377 e. The highest BCUT2D eigenvalue weighted by molar-refractivity contribution is 5.52. The van der Waals surface area contributed by atoms with Gasteiger partial charge in [-0.1, -0.05) is 13.8 Å². The molecule has 0 unspecified atom stereocenters. The summed E-state index contributed by atoms with van der Waals surface area (Å²) in [6.07, 6.45) is 3.78. The molecule has 0 aliphatic carbocycles. The predicted molar refractivity (Wildman–Crippen MR) is 52.7 cm³/mol. The predicted octanol–water partition coefficient (Wildman–Crippen LogP) is 2.27. The minimum atomic E-state index is 0.538. The molecule has 0 N–H and O–H groups in total. The smallest absolute Gasteiger partial charge is 0.0427 e. The summed E-state index contributed by atoms with van der Waals surface area (Å²) >= 11 is 0. The van der Waals surface area contributed by atoms with Gasteiger partial charge in [-0.3, -0.25) is 4.98 Å². The molecule has 0 aliphatic rings. The van der Waals surface area contributed by atoms with Crippen molar-refractivity contribution in [3.63, 3.8) is 0 Å². The summed E-state index contributed by atoms with van der Waals surface area (Å²) in [7, 11) is 4.11. The second kappa shape index (κ2) is 3.57. The van der Waals surface area contributed by atoms with Gasteiger partial charge < -0.3 is 4.90 Å².